The van der Waals surface area contributed by atoms with Crippen LogP contribution < -0.4 is 15.1 Å². The van der Waals surface area contributed by atoms with E-state index in [1.807, 2.05) is 6.07 Å². The maximum Gasteiger partial charge on any atom is 0.416 e. The van der Waals surface area contributed by atoms with Crippen LogP contribution in [0.1, 0.15) is 18.4 Å². The molecule has 6 nitrogen and oxygen atoms in total. The topological polar surface area (TPSA) is 56.8 Å². The Balaban J connectivity index is 1.34. The number of benzene rings is 1. The number of aromatic nitrogens is 2. The van der Waals surface area contributed by atoms with E-state index >= 15 is 0 Å². The third-order valence-corrected chi connectivity index (χ3v) is 6.47. The average molecular weight is 471 g/mol. The minimum atomic E-state index is -4.43. The van der Waals surface area contributed by atoms with Gasteiger partial charge in [0.25, 0.3) is 0 Å². The molecular formula is C24H21F4N5O. The lowest BCUT2D eigenvalue weighted by Gasteiger charge is -2.46. The molecule has 2 saturated heterocycles. The number of rotatable bonds is 4. The van der Waals surface area contributed by atoms with Gasteiger partial charge in [0.05, 0.1) is 41.1 Å². The smallest absolute Gasteiger partial charge is 0.366 e. The van der Waals surface area contributed by atoms with Crippen molar-refractivity contribution in [1.29, 1.82) is 0 Å². The zero-order chi connectivity index (χ0) is 23.4. The molecule has 2 fully saturated rings. The highest BCUT2D eigenvalue weighted by molar-refractivity contribution is 5.76. The fourth-order valence-electron chi connectivity index (χ4n) is 4.87. The van der Waals surface area contributed by atoms with Gasteiger partial charge in [-0.25, -0.2) is 9.37 Å². The van der Waals surface area contributed by atoms with Gasteiger partial charge >= 0.3 is 6.18 Å². The molecule has 0 amide bonds. The Morgan fingerprint density at radius 3 is 2.79 bits per heavy atom. The third-order valence-electron chi connectivity index (χ3n) is 6.47. The van der Waals surface area contributed by atoms with Crippen molar-refractivity contribution in [3.63, 3.8) is 0 Å². The van der Waals surface area contributed by atoms with Gasteiger partial charge < -0.3 is 19.9 Å². The summed E-state index contributed by atoms with van der Waals surface area (Å²) >= 11 is 0. The summed E-state index contributed by atoms with van der Waals surface area (Å²) in [6.45, 7) is 1.73. The van der Waals surface area contributed by atoms with Gasteiger partial charge in [-0.1, -0.05) is 12.1 Å². The summed E-state index contributed by atoms with van der Waals surface area (Å²) in [5, 5.41) is 3.15. The predicted octanol–water partition coefficient (Wildman–Crippen LogP) is 4.88. The number of anilines is 3. The Morgan fingerprint density at radius 2 is 1.97 bits per heavy atom. The molecule has 34 heavy (non-hydrogen) atoms. The number of nitrogens with zero attached hydrogens (tertiary/aromatic N) is 4. The Bertz CT molecular complexity index is 1240. The third kappa shape index (κ3) is 3.81. The minimum absolute atomic E-state index is 0.160. The van der Waals surface area contributed by atoms with E-state index in [0.717, 1.165) is 49.9 Å². The van der Waals surface area contributed by atoms with E-state index in [1.54, 1.807) is 12.1 Å². The second-order valence-corrected chi connectivity index (χ2v) is 8.75. The Labute approximate surface area is 193 Å². The number of ether oxygens (including phenoxy) is 1. The maximum absolute atomic E-state index is 13.5. The largest absolute Gasteiger partial charge is 0.416 e. The van der Waals surface area contributed by atoms with Gasteiger partial charge in [0.2, 0.25) is 0 Å². The summed E-state index contributed by atoms with van der Waals surface area (Å²) in [6, 6.07) is 10.4. The fourth-order valence-corrected chi connectivity index (χ4v) is 4.87. The van der Waals surface area contributed by atoms with Gasteiger partial charge in [0, 0.05) is 24.7 Å². The van der Waals surface area contributed by atoms with Gasteiger partial charge in [-0.05, 0) is 37.1 Å². The van der Waals surface area contributed by atoms with E-state index in [9.17, 15) is 17.6 Å². The quantitative estimate of drug-likeness (QED) is 0.432. The van der Waals surface area contributed by atoms with E-state index in [0.29, 0.717) is 22.8 Å². The predicted molar refractivity (Wildman–Crippen MR) is 119 cm³/mol. The molecule has 0 radical (unpaired) electrons. The lowest BCUT2D eigenvalue weighted by Crippen LogP contribution is -2.54. The molecule has 2 unspecified atom stereocenters. The number of pyridine rings is 2. The second-order valence-electron chi connectivity index (χ2n) is 8.75. The number of halogens is 4. The van der Waals surface area contributed by atoms with Crippen LogP contribution in [-0.2, 0) is 10.9 Å². The number of piperidine rings is 1. The highest BCUT2D eigenvalue weighted by Gasteiger charge is 2.50. The molecule has 2 bridgehead atoms. The molecule has 1 N–H and O–H groups in total. The molecule has 3 aromatic rings. The molecule has 0 aliphatic carbocycles. The number of nitrogens with one attached hydrogen (secondary N) is 1. The maximum atomic E-state index is 13.5. The summed E-state index contributed by atoms with van der Waals surface area (Å²) in [6.07, 6.45) is -0.481. The fraction of sp³-hybridized carbons (Fsp3) is 0.333. The molecule has 2 aromatic heterocycles. The van der Waals surface area contributed by atoms with Crippen LogP contribution >= 0.6 is 0 Å². The van der Waals surface area contributed by atoms with Crippen LogP contribution in [0.15, 0.2) is 54.9 Å². The minimum Gasteiger partial charge on any atom is -0.366 e. The van der Waals surface area contributed by atoms with Crippen molar-refractivity contribution in [2.75, 3.05) is 28.2 Å². The first-order valence-corrected chi connectivity index (χ1v) is 11.1. The Morgan fingerprint density at radius 1 is 1.09 bits per heavy atom. The van der Waals surface area contributed by atoms with E-state index in [2.05, 4.69) is 20.1 Å². The van der Waals surface area contributed by atoms with Crippen LogP contribution in [0.2, 0.25) is 0 Å². The SMILES string of the molecule is Fc1cncc(NC2OC2N2c3nc(-c4cccc(C(F)(F)F)c4)ccc3N3CCC[C@H]2C3)c1. The zero-order valence-electron chi connectivity index (χ0n) is 18.0. The molecule has 10 heteroatoms. The first kappa shape index (κ1) is 21.2. The molecule has 1 aromatic carbocycles. The Kier molecular flexibility index (Phi) is 4.87. The summed E-state index contributed by atoms with van der Waals surface area (Å²) in [5.41, 5.74) is 1.62. The molecule has 0 saturated carbocycles. The summed E-state index contributed by atoms with van der Waals surface area (Å²) in [7, 11) is 0. The highest BCUT2D eigenvalue weighted by atomic mass is 19.4. The van der Waals surface area contributed by atoms with Gasteiger partial charge in [-0.15, -0.1) is 0 Å². The number of epoxide rings is 1. The molecule has 0 spiro atoms. The van der Waals surface area contributed by atoms with Crippen LogP contribution in [0.25, 0.3) is 11.3 Å². The van der Waals surface area contributed by atoms with E-state index < -0.39 is 17.6 Å². The van der Waals surface area contributed by atoms with Crippen LogP contribution in [0.3, 0.4) is 0 Å². The zero-order valence-corrected chi connectivity index (χ0v) is 18.0. The van der Waals surface area contributed by atoms with Crippen LogP contribution in [0.5, 0.6) is 0 Å². The molecule has 3 aliphatic rings. The molecular weight excluding hydrogens is 450 g/mol. The van der Waals surface area contributed by atoms with E-state index in [1.165, 1.54) is 18.3 Å². The molecule has 3 aliphatic heterocycles. The first-order chi connectivity index (χ1) is 16.4. The number of fused-ring (bicyclic) bond motifs is 4. The molecule has 6 rings (SSSR count). The van der Waals surface area contributed by atoms with Crippen molar-refractivity contribution >= 4 is 17.2 Å². The normalized spacial score (nSPS) is 23.5. The van der Waals surface area contributed by atoms with Gasteiger partial charge in [0.1, 0.15) is 5.82 Å². The monoisotopic (exact) mass is 471 g/mol. The summed E-state index contributed by atoms with van der Waals surface area (Å²) in [4.78, 5) is 13.1. The molecule has 176 valence electrons. The van der Waals surface area contributed by atoms with Gasteiger partial charge in [-0.2, -0.15) is 13.2 Å². The first-order valence-electron chi connectivity index (χ1n) is 11.1. The lowest BCUT2D eigenvalue weighted by atomic mass is 9.99. The average Bonchev–Trinajstić information content (AvgIpc) is 3.57. The van der Waals surface area contributed by atoms with Gasteiger partial charge in [0.15, 0.2) is 18.3 Å². The lowest BCUT2D eigenvalue weighted by molar-refractivity contribution is -0.137. The van der Waals surface area contributed by atoms with Crippen LogP contribution in [-0.4, -0.2) is 41.6 Å². The summed E-state index contributed by atoms with van der Waals surface area (Å²) in [5.74, 6) is 0.248. The second kappa shape index (κ2) is 7.83. The van der Waals surface area contributed by atoms with Crippen LogP contribution in [0.4, 0.5) is 34.8 Å². The number of hydrogen-bond acceptors (Lipinski definition) is 6. The summed E-state index contributed by atoms with van der Waals surface area (Å²) < 4.78 is 59.2. The highest BCUT2D eigenvalue weighted by Crippen LogP contribution is 2.44. The van der Waals surface area contributed by atoms with Crippen molar-refractivity contribution in [2.45, 2.75) is 37.5 Å². The van der Waals surface area contributed by atoms with E-state index in [-0.39, 0.29) is 18.5 Å². The number of hydrogen-bond donors (Lipinski definition) is 1. The van der Waals surface area contributed by atoms with Crippen molar-refractivity contribution in [3.8, 4) is 11.3 Å². The number of alkyl halides is 3. The van der Waals surface area contributed by atoms with Crippen molar-refractivity contribution < 1.29 is 22.3 Å². The molecule has 3 atom stereocenters. The van der Waals surface area contributed by atoms with Gasteiger partial charge in [-0.3, -0.25) is 4.98 Å². The Hall–Kier alpha value is -3.40. The van der Waals surface area contributed by atoms with Crippen molar-refractivity contribution in [3.05, 3.63) is 66.2 Å². The van der Waals surface area contributed by atoms with Crippen LogP contribution in [0, 0.1) is 5.82 Å². The molecule has 5 heterocycles. The van der Waals surface area contributed by atoms with E-state index in [4.69, 9.17) is 9.72 Å². The van der Waals surface area contributed by atoms with Crippen molar-refractivity contribution in [2.24, 2.45) is 0 Å². The standard InChI is InChI=1S/C24H21F4N5O/c25-16-10-17(12-29-11-16)30-22-23(34-22)33-18-5-2-8-32(13-18)20-7-6-19(31-21(20)33)14-3-1-4-15(9-14)24(26,27)28/h1,3-4,6-7,9-12,18,22-23,30H,2,5,8,13H2/t18-,22?,23?/m0/s1. The van der Waals surface area contributed by atoms with Crippen molar-refractivity contribution in [1.82, 2.24) is 9.97 Å².